The van der Waals surface area contributed by atoms with Gasteiger partial charge >= 0.3 is 0 Å². The fourth-order valence-electron chi connectivity index (χ4n) is 2.82. The summed E-state index contributed by atoms with van der Waals surface area (Å²) in [5.74, 6) is 0.770. The van der Waals surface area contributed by atoms with Crippen molar-refractivity contribution in [1.29, 1.82) is 0 Å². The third-order valence-corrected chi connectivity index (χ3v) is 4.14. The minimum Gasteiger partial charge on any atom is -0.496 e. The number of benzene rings is 2. The number of imidazole rings is 1. The molecule has 0 saturated carbocycles. The summed E-state index contributed by atoms with van der Waals surface area (Å²) in [5, 5.41) is 2.93. The number of aromatic nitrogens is 2. The van der Waals surface area contributed by atoms with Gasteiger partial charge in [0.2, 0.25) is 0 Å². The third kappa shape index (κ3) is 3.42. The second-order valence-corrected chi connectivity index (χ2v) is 5.72. The van der Waals surface area contributed by atoms with Crippen molar-refractivity contribution < 1.29 is 14.3 Å². The summed E-state index contributed by atoms with van der Waals surface area (Å²) in [6, 6.07) is 11.4. The number of carbonyl (C=O) groups excluding carboxylic acids is 1. The van der Waals surface area contributed by atoms with Gasteiger partial charge < -0.3 is 19.4 Å². The fraction of sp³-hybridized carbons (Fsp3) is 0.263. The van der Waals surface area contributed by atoms with E-state index >= 15 is 0 Å². The molecule has 6 heteroatoms. The average Bonchev–Trinajstić information content (AvgIpc) is 3.01. The van der Waals surface area contributed by atoms with Gasteiger partial charge in [0.1, 0.15) is 17.1 Å². The quantitative estimate of drug-likeness (QED) is 0.750. The third-order valence-electron chi connectivity index (χ3n) is 4.14. The maximum Gasteiger partial charge on any atom is 0.258 e. The van der Waals surface area contributed by atoms with E-state index in [9.17, 15) is 4.79 Å². The zero-order valence-corrected chi connectivity index (χ0v) is 14.6. The Morgan fingerprint density at radius 3 is 2.56 bits per heavy atom. The number of hydrogen-bond acceptors (Lipinski definition) is 4. The van der Waals surface area contributed by atoms with E-state index in [0.717, 1.165) is 23.0 Å². The Morgan fingerprint density at radius 1 is 1.16 bits per heavy atom. The van der Waals surface area contributed by atoms with E-state index in [1.54, 1.807) is 24.5 Å². The number of hydrogen-bond donors (Lipinski definition) is 1. The molecule has 1 N–H and O–H groups in total. The predicted octanol–water partition coefficient (Wildman–Crippen LogP) is 2.56. The highest BCUT2D eigenvalue weighted by Crippen LogP contribution is 2.27. The van der Waals surface area contributed by atoms with E-state index in [1.807, 2.05) is 23.7 Å². The largest absolute Gasteiger partial charge is 0.496 e. The van der Waals surface area contributed by atoms with Crippen LogP contribution in [0.2, 0.25) is 0 Å². The molecule has 130 valence electrons. The first-order valence-electron chi connectivity index (χ1n) is 8.03. The minimum absolute atomic E-state index is 0.215. The van der Waals surface area contributed by atoms with Crippen molar-refractivity contribution in [3.05, 3.63) is 53.9 Å². The Balaban J connectivity index is 1.68. The number of ether oxygens (including phenoxy) is 2. The molecule has 3 rings (SSSR count). The molecule has 0 spiro atoms. The topological polar surface area (TPSA) is 65.4 Å². The van der Waals surface area contributed by atoms with Crippen LogP contribution in [0.1, 0.15) is 15.9 Å². The van der Waals surface area contributed by atoms with Crippen LogP contribution in [0.15, 0.2) is 42.7 Å². The van der Waals surface area contributed by atoms with E-state index in [0.29, 0.717) is 23.6 Å². The molecule has 1 amide bonds. The van der Waals surface area contributed by atoms with Crippen molar-refractivity contribution in [2.24, 2.45) is 7.05 Å². The number of fused-ring (bicyclic) bond motifs is 1. The number of amides is 1. The minimum atomic E-state index is -0.215. The van der Waals surface area contributed by atoms with Gasteiger partial charge in [-0.25, -0.2) is 4.98 Å². The van der Waals surface area contributed by atoms with Crippen molar-refractivity contribution in [3.63, 3.8) is 0 Å². The van der Waals surface area contributed by atoms with Crippen LogP contribution >= 0.6 is 0 Å². The summed E-state index contributed by atoms with van der Waals surface area (Å²) in [6.45, 7) is 0.512. The van der Waals surface area contributed by atoms with Crippen LogP contribution in [0.4, 0.5) is 0 Å². The van der Waals surface area contributed by atoms with Gasteiger partial charge in [-0.05, 0) is 36.2 Å². The number of rotatable bonds is 6. The van der Waals surface area contributed by atoms with E-state index in [2.05, 4.69) is 16.4 Å². The van der Waals surface area contributed by atoms with E-state index in [1.165, 1.54) is 14.2 Å². The van der Waals surface area contributed by atoms with Crippen LogP contribution in [0.5, 0.6) is 11.5 Å². The van der Waals surface area contributed by atoms with Gasteiger partial charge in [-0.1, -0.05) is 12.1 Å². The Labute approximate surface area is 146 Å². The van der Waals surface area contributed by atoms with Gasteiger partial charge in [-0.2, -0.15) is 0 Å². The highest BCUT2D eigenvalue weighted by Gasteiger charge is 2.17. The molecule has 6 nitrogen and oxygen atoms in total. The molecule has 0 saturated heterocycles. The number of nitrogens with one attached hydrogen (secondary N) is 1. The molecular formula is C19H21N3O3. The number of methoxy groups -OCH3 is 2. The van der Waals surface area contributed by atoms with Crippen molar-refractivity contribution in [2.75, 3.05) is 20.8 Å². The Hall–Kier alpha value is -3.02. The number of nitrogens with zero attached hydrogens (tertiary/aromatic N) is 2. The second kappa shape index (κ2) is 7.25. The van der Waals surface area contributed by atoms with E-state index in [4.69, 9.17) is 9.47 Å². The Bertz CT molecular complexity index is 880. The highest BCUT2D eigenvalue weighted by molar-refractivity contribution is 5.99. The lowest BCUT2D eigenvalue weighted by Crippen LogP contribution is -2.26. The fourth-order valence-corrected chi connectivity index (χ4v) is 2.82. The van der Waals surface area contributed by atoms with Gasteiger partial charge in [-0.3, -0.25) is 4.79 Å². The van der Waals surface area contributed by atoms with Crippen LogP contribution < -0.4 is 14.8 Å². The summed E-state index contributed by atoms with van der Waals surface area (Å²) in [6.07, 6.45) is 2.51. The standard InChI is InChI=1S/C19H21N3O3/c1-22-12-21-14-11-13(7-8-15(14)22)9-10-20-19(23)18-16(24-2)5-4-6-17(18)25-3/h4-8,11-12H,9-10H2,1-3H3,(H,20,23). The lowest BCUT2D eigenvalue weighted by Gasteiger charge is -2.13. The molecule has 0 aliphatic carbocycles. The molecule has 1 aromatic heterocycles. The highest BCUT2D eigenvalue weighted by atomic mass is 16.5. The zero-order chi connectivity index (χ0) is 17.8. The van der Waals surface area contributed by atoms with Gasteiger partial charge in [0.25, 0.3) is 5.91 Å². The first-order chi connectivity index (χ1) is 12.1. The van der Waals surface area contributed by atoms with Crippen molar-refractivity contribution >= 4 is 16.9 Å². The SMILES string of the molecule is COc1cccc(OC)c1C(=O)NCCc1ccc2c(c1)ncn2C. The normalized spacial score (nSPS) is 10.7. The van der Waals surface area contributed by atoms with Crippen LogP contribution in [0.3, 0.4) is 0 Å². The van der Waals surface area contributed by atoms with Crippen LogP contribution in [-0.2, 0) is 13.5 Å². The maximum absolute atomic E-state index is 12.5. The molecule has 1 heterocycles. The molecule has 2 aromatic carbocycles. The molecule has 0 atom stereocenters. The number of aryl methyl sites for hydroxylation is 1. The van der Waals surface area contributed by atoms with Gasteiger partial charge in [0.15, 0.2) is 0 Å². The molecule has 25 heavy (non-hydrogen) atoms. The molecule has 0 bridgehead atoms. The lowest BCUT2D eigenvalue weighted by molar-refractivity contribution is 0.0948. The van der Waals surface area contributed by atoms with Gasteiger partial charge in [0.05, 0.1) is 31.6 Å². The number of carbonyl (C=O) groups is 1. The molecule has 0 aliphatic heterocycles. The predicted molar refractivity (Wildman–Crippen MR) is 96.3 cm³/mol. The first-order valence-corrected chi connectivity index (χ1v) is 8.03. The molecule has 0 fully saturated rings. The van der Waals surface area contributed by atoms with E-state index < -0.39 is 0 Å². The van der Waals surface area contributed by atoms with Gasteiger partial charge in [0, 0.05) is 13.6 Å². The molecule has 0 unspecified atom stereocenters. The summed E-state index contributed by atoms with van der Waals surface area (Å²) in [5.41, 5.74) is 3.58. The van der Waals surface area contributed by atoms with Crippen molar-refractivity contribution in [2.45, 2.75) is 6.42 Å². The van der Waals surface area contributed by atoms with Gasteiger partial charge in [-0.15, -0.1) is 0 Å². The Morgan fingerprint density at radius 2 is 1.88 bits per heavy atom. The molecule has 0 aliphatic rings. The summed E-state index contributed by atoms with van der Waals surface area (Å²) in [7, 11) is 5.04. The second-order valence-electron chi connectivity index (χ2n) is 5.72. The van der Waals surface area contributed by atoms with Crippen LogP contribution in [0.25, 0.3) is 11.0 Å². The van der Waals surface area contributed by atoms with E-state index in [-0.39, 0.29) is 5.91 Å². The molecular weight excluding hydrogens is 318 g/mol. The summed E-state index contributed by atoms with van der Waals surface area (Å²) in [4.78, 5) is 16.9. The lowest BCUT2D eigenvalue weighted by atomic mass is 10.1. The Kier molecular flexibility index (Phi) is 4.88. The maximum atomic E-state index is 12.5. The molecule has 0 radical (unpaired) electrons. The zero-order valence-electron chi connectivity index (χ0n) is 14.6. The summed E-state index contributed by atoms with van der Waals surface area (Å²) >= 11 is 0. The van der Waals surface area contributed by atoms with Crippen molar-refractivity contribution in [1.82, 2.24) is 14.9 Å². The molecule has 3 aromatic rings. The van der Waals surface area contributed by atoms with Crippen molar-refractivity contribution in [3.8, 4) is 11.5 Å². The monoisotopic (exact) mass is 339 g/mol. The average molecular weight is 339 g/mol. The van der Waals surface area contributed by atoms with Crippen LogP contribution in [0, 0.1) is 0 Å². The first kappa shape index (κ1) is 16.8. The van der Waals surface area contributed by atoms with Crippen LogP contribution in [-0.4, -0.2) is 36.2 Å². The summed E-state index contributed by atoms with van der Waals surface area (Å²) < 4.78 is 12.5. The smallest absolute Gasteiger partial charge is 0.258 e.